The van der Waals surface area contributed by atoms with Gasteiger partial charge >= 0.3 is 0 Å². The number of nitrogen functional groups attached to an aromatic ring is 1. The Balaban J connectivity index is 2.55. The van der Waals surface area contributed by atoms with Gasteiger partial charge in [0.2, 0.25) is 5.91 Å². The third-order valence-electron chi connectivity index (χ3n) is 1.48. The molecule has 0 saturated heterocycles. The summed E-state index contributed by atoms with van der Waals surface area (Å²) < 4.78 is 0. The van der Waals surface area contributed by atoms with Gasteiger partial charge in [0.15, 0.2) is 0 Å². The third-order valence-corrected chi connectivity index (χ3v) is 1.48. The van der Waals surface area contributed by atoms with Crippen LogP contribution >= 0.6 is 0 Å². The van der Waals surface area contributed by atoms with Crippen LogP contribution in [0, 0.1) is 11.8 Å². The summed E-state index contributed by atoms with van der Waals surface area (Å²) in [5.74, 6) is 5.67. The van der Waals surface area contributed by atoms with E-state index in [2.05, 4.69) is 16.8 Å². The number of carbonyl (C=O) groups is 1. The number of pyridine rings is 1. The summed E-state index contributed by atoms with van der Waals surface area (Å²) in [5, 5.41) is 0. The van der Waals surface area contributed by atoms with Crippen LogP contribution < -0.4 is 11.5 Å². The average molecular weight is 189 g/mol. The number of hydrogen-bond donors (Lipinski definition) is 2. The van der Waals surface area contributed by atoms with Crippen LogP contribution in [0.15, 0.2) is 18.2 Å². The van der Waals surface area contributed by atoms with E-state index in [1.54, 1.807) is 18.2 Å². The molecule has 0 aliphatic carbocycles. The Kier molecular flexibility index (Phi) is 3.50. The van der Waals surface area contributed by atoms with Crippen LogP contribution in [0.2, 0.25) is 0 Å². The summed E-state index contributed by atoms with van der Waals surface area (Å²) in [6.45, 7) is 0. The molecule has 1 aromatic heterocycles. The van der Waals surface area contributed by atoms with Crippen LogP contribution in [0.1, 0.15) is 18.5 Å². The SMILES string of the molecule is NC(=O)CCC#Cc1cccc(N)n1. The second-order valence-electron chi connectivity index (χ2n) is 2.72. The number of amides is 1. The van der Waals surface area contributed by atoms with Gasteiger partial charge in [0.05, 0.1) is 0 Å². The van der Waals surface area contributed by atoms with Crippen LogP contribution in [0.3, 0.4) is 0 Å². The molecule has 0 aliphatic rings. The zero-order valence-corrected chi connectivity index (χ0v) is 7.66. The molecule has 0 unspecified atom stereocenters. The lowest BCUT2D eigenvalue weighted by Crippen LogP contribution is -2.08. The molecule has 1 amide bonds. The van der Waals surface area contributed by atoms with E-state index in [0.29, 0.717) is 17.9 Å². The van der Waals surface area contributed by atoms with Crippen molar-refractivity contribution in [2.75, 3.05) is 5.73 Å². The first-order chi connectivity index (χ1) is 6.68. The van der Waals surface area contributed by atoms with Crippen LogP contribution in [0.25, 0.3) is 0 Å². The van der Waals surface area contributed by atoms with Gasteiger partial charge in [-0.1, -0.05) is 12.0 Å². The highest BCUT2D eigenvalue weighted by Crippen LogP contribution is 1.98. The highest BCUT2D eigenvalue weighted by Gasteiger charge is 1.90. The molecule has 72 valence electrons. The van der Waals surface area contributed by atoms with E-state index in [1.807, 2.05) is 0 Å². The minimum absolute atomic E-state index is 0.273. The molecule has 4 heteroatoms. The summed E-state index contributed by atoms with van der Waals surface area (Å²) in [5.41, 5.74) is 11.0. The molecule has 0 bridgehead atoms. The summed E-state index contributed by atoms with van der Waals surface area (Å²) in [6, 6.07) is 5.22. The maximum absolute atomic E-state index is 10.4. The Morgan fingerprint density at radius 2 is 2.29 bits per heavy atom. The van der Waals surface area contributed by atoms with Crippen molar-refractivity contribution in [2.24, 2.45) is 5.73 Å². The fourth-order valence-electron chi connectivity index (χ4n) is 0.860. The molecule has 4 N–H and O–H groups in total. The quantitative estimate of drug-likeness (QED) is 0.655. The van der Waals surface area contributed by atoms with Gasteiger partial charge in [0.1, 0.15) is 11.5 Å². The zero-order valence-electron chi connectivity index (χ0n) is 7.66. The Labute approximate surface area is 82.3 Å². The molecule has 4 nitrogen and oxygen atoms in total. The summed E-state index contributed by atoms with van der Waals surface area (Å²) in [4.78, 5) is 14.4. The summed E-state index contributed by atoms with van der Waals surface area (Å²) >= 11 is 0. The number of hydrogen-bond acceptors (Lipinski definition) is 3. The first-order valence-electron chi connectivity index (χ1n) is 4.18. The van der Waals surface area contributed by atoms with E-state index in [1.165, 1.54) is 0 Å². The predicted molar refractivity (Wildman–Crippen MR) is 54.0 cm³/mol. The number of primary amides is 1. The van der Waals surface area contributed by atoms with Crippen LogP contribution in [-0.4, -0.2) is 10.9 Å². The number of anilines is 1. The lowest BCUT2D eigenvalue weighted by atomic mass is 10.3. The molecule has 0 aromatic carbocycles. The van der Waals surface area contributed by atoms with Crippen LogP contribution in [0.4, 0.5) is 5.82 Å². The lowest BCUT2D eigenvalue weighted by Gasteiger charge is -1.91. The van der Waals surface area contributed by atoms with E-state index >= 15 is 0 Å². The van der Waals surface area contributed by atoms with Gasteiger partial charge in [-0.25, -0.2) is 4.98 Å². The van der Waals surface area contributed by atoms with E-state index in [4.69, 9.17) is 11.5 Å². The Bertz CT molecular complexity index is 390. The topological polar surface area (TPSA) is 82.0 Å². The molecule has 1 aromatic rings. The predicted octanol–water partition coefficient (Wildman–Crippen LogP) is 0.281. The zero-order chi connectivity index (χ0) is 10.4. The van der Waals surface area contributed by atoms with Crippen LogP contribution in [-0.2, 0) is 4.79 Å². The van der Waals surface area contributed by atoms with Gasteiger partial charge in [0, 0.05) is 12.8 Å². The molecule has 0 saturated carbocycles. The van der Waals surface area contributed by atoms with Crippen molar-refractivity contribution in [2.45, 2.75) is 12.8 Å². The smallest absolute Gasteiger partial charge is 0.218 e. The maximum atomic E-state index is 10.4. The Morgan fingerprint density at radius 3 is 2.93 bits per heavy atom. The number of carbonyl (C=O) groups excluding carboxylic acids is 1. The Hall–Kier alpha value is -2.02. The highest BCUT2D eigenvalue weighted by atomic mass is 16.1. The standard InChI is InChI=1S/C10H11N3O/c11-9-6-3-5-8(13-9)4-1-2-7-10(12)14/h3,5-6H,2,7H2,(H2,11,13)(H2,12,14). The molecule has 0 atom stereocenters. The molecule has 1 heterocycles. The maximum Gasteiger partial charge on any atom is 0.218 e. The molecular formula is C10H11N3O. The monoisotopic (exact) mass is 189 g/mol. The van der Waals surface area contributed by atoms with Gasteiger partial charge in [-0.2, -0.15) is 0 Å². The van der Waals surface area contributed by atoms with Gasteiger partial charge in [-0.3, -0.25) is 4.79 Å². The Morgan fingerprint density at radius 1 is 1.50 bits per heavy atom. The average Bonchev–Trinajstić information content (AvgIpc) is 2.12. The van der Waals surface area contributed by atoms with E-state index in [0.717, 1.165) is 0 Å². The fourth-order valence-corrected chi connectivity index (χ4v) is 0.860. The van der Waals surface area contributed by atoms with Gasteiger partial charge in [0.25, 0.3) is 0 Å². The van der Waals surface area contributed by atoms with Crippen molar-refractivity contribution < 1.29 is 4.79 Å². The molecule has 1 rings (SSSR count). The first kappa shape index (κ1) is 10.1. The van der Waals surface area contributed by atoms with Crippen molar-refractivity contribution in [3.8, 4) is 11.8 Å². The number of aromatic nitrogens is 1. The number of rotatable bonds is 2. The molecule has 14 heavy (non-hydrogen) atoms. The van der Waals surface area contributed by atoms with Crippen molar-refractivity contribution in [3.05, 3.63) is 23.9 Å². The van der Waals surface area contributed by atoms with Gasteiger partial charge in [-0.15, -0.1) is 0 Å². The minimum Gasteiger partial charge on any atom is -0.384 e. The van der Waals surface area contributed by atoms with Crippen molar-refractivity contribution in [1.29, 1.82) is 0 Å². The normalized spacial score (nSPS) is 8.86. The summed E-state index contributed by atoms with van der Waals surface area (Å²) in [6.07, 6.45) is 0.723. The molecule has 0 aliphatic heterocycles. The lowest BCUT2D eigenvalue weighted by molar-refractivity contribution is -0.117. The highest BCUT2D eigenvalue weighted by molar-refractivity contribution is 5.73. The third kappa shape index (κ3) is 3.59. The van der Waals surface area contributed by atoms with Crippen molar-refractivity contribution in [1.82, 2.24) is 4.98 Å². The van der Waals surface area contributed by atoms with E-state index in [9.17, 15) is 4.79 Å². The number of nitrogens with two attached hydrogens (primary N) is 2. The van der Waals surface area contributed by atoms with Crippen molar-refractivity contribution >= 4 is 11.7 Å². The largest absolute Gasteiger partial charge is 0.384 e. The van der Waals surface area contributed by atoms with E-state index < -0.39 is 0 Å². The first-order valence-corrected chi connectivity index (χ1v) is 4.18. The van der Waals surface area contributed by atoms with Gasteiger partial charge in [-0.05, 0) is 18.1 Å². The molecular weight excluding hydrogens is 178 g/mol. The van der Waals surface area contributed by atoms with E-state index in [-0.39, 0.29) is 12.3 Å². The van der Waals surface area contributed by atoms with Crippen molar-refractivity contribution in [3.63, 3.8) is 0 Å². The molecule has 0 fully saturated rings. The second kappa shape index (κ2) is 4.87. The second-order valence-corrected chi connectivity index (χ2v) is 2.72. The molecule has 0 spiro atoms. The number of nitrogens with zero attached hydrogens (tertiary/aromatic N) is 1. The fraction of sp³-hybridized carbons (Fsp3) is 0.200. The minimum atomic E-state index is -0.347. The van der Waals surface area contributed by atoms with Gasteiger partial charge < -0.3 is 11.5 Å². The van der Waals surface area contributed by atoms with Crippen LogP contribution in [0.5, 0.6) is 0 Å². The molecule has 0 radical (unpaired) electrons. The summed E-state index contributed by atoms with van der Waals surface area (Å²) in [7, 11) is 0.